The first kappa shape index (κ1) is 43.1. The van der Waals surface area contributed by atoms with Crippen LogP contribution in [0.15, 0.2) is 56.5 Å². The van der Waals surface area contributed by atoms with E-state index >= 15 is 0 Å². The van der Waals surface area contributed by atoms with Crippen LogP contribution in [0.25, 0.3) is 0 Å². The number of rotatable bonds is 10. The zero-order valence-corrected chi connectivity index (χ0v) is 35.2. The molecule has 0 spiro atoms. The second-order valence-electron chi connectivity index (χ2n) is 16.9. The smallest absolute Gasteiger partial charge is 0.408 e. The summed E-state index contributed by atoms with van der Waals surface area (Å²) < 4.78 is 69.9. The van der Waals surface area contributed by atoms with Crippen LogP contribution in [-0.4, -0.2) is 98.8 Å². The summed E-state index contributed by atoms with van der Waals surface area (Å²) in [5, 5.41) is 20.7. The highest BCUT2D eigenvalue weighted by Crippen LogP contribution is 2.35. The predicted molar refractivity (Wildman–Crippen MR) is 209 cm³/mol. The van der Waals surface area contributed by atoms with Crippen LogP contribution in [0.4, 0.5) is 4.79 Å². The van der Waals surface area contributed by atoms with Gasteiger partial charge in [-0.25, -0.2) is 26.4 Å². The summed E-state index contributed by atoms with van der Waals surface area (Å²) in [6.07, 6.45) is 0.999. The van der Waals surface area contributed by atoms with Crippen molar-refractivity contribution >= 4 is 43.5 Å². The molecule has 2 heterocycles. The number of benzene rings is 2. The van der Waals surface area contributed by atoms with E-state index in [1.165, 1.54) is 45.0 Å². The first-order valence-corrected chi connectivity index (χ1v) is 21.9. The van der Waals surface area contributed by atoms with Crippen LogP contribution >= 0.6 is 0 Å². The van der Waals surface area contributed by atoms with Gasteiger partial charge < -0.3 is 24.8 Å². The van der Waals surface area contributed by atoms with Crippen LogP contribution in [0.1, 0.15) is 97.4 Å². The maximum Gasteiger partial charge on any atom is 0.408 e. The van der Waals surface area contributed by atoms with Gasteiger partial charge in [0.25, 0.3) is 6.79 Å². The summed E-state index contributed by atoms with van der Waals surface area (Å²) in [5.74, 6) is -0.588. The molecular formula is C39H55N5O10S2. The molecule has 5 rings (SSSR count). The zero-order valence-electron chi connectivity index (χ0n) is 33.6. The minimum absolute atomic E-state index is 0.0283. The maximum absolute atomic E-state index is 14.1. The van der Waals surface area contributed by atoms with E-state index in [4.69, 9.17) is 14.3 Å². The fourth-order valence-electron chi connectivity index (χ4n) is 7.77. The highest BCUT2D eigenvalue weighted by atomic mass is 32.2. The van der Waals surface area contributed by atoms with Crippen molar-refractivity contribution in [1.29, 1.82) is 0 Å². The average molecular weight is 818 g/mol. The second kappa shape index (κ2) is 16.8. The molecule has 3 aliphatic rings. The van der Waals surface area contributed by atoms with E-state index in [2.05, 4.69) is 15.6 Å². The number of sulfonamides is 2. The molecule has 15 nitrogen and oxygen atoms in total. The van der Waals surface area contributed by atoms with Crippen molar-refractivity contribution in [3.8, 4) is 0 Å². The van der Waals surface area contributed by atoms with E-state index in [0.29, 0.717) is 37.3 Å². The second-order valence-corrected chi connectivity index (χ2v) is 20.8. The van der Waals surface area contributed by atoms with E-state index < -0.39 is 50.5 Å². The van der Waals surface area contributed by atoms with Crippen molar-refractivity contribution in [2.24, 2.45) is 39.9 Å². The highest BCUT2D eigenvalue weighted by Gasteiger charge is 2.37. The lowest BCUT2D eigenvalue weighted by atomic mass is 9.83. The molecule has 308 valence electrons. The van der Waals surface area contributed by atoms with Crippen molar-refractivity contribution in [3.05, 3.63) is 58.7 Å². The Labute approximate surface area is 330 Å². The molecule has 0 radical (unpaired) electrons. The third kappa shape index (κ3) is 9.55. The number of amides is 1. The molecule has 1 aliphatic carbocycles. The summed E-state index contributed by atoms with van der Waals surface area (Å²) in [6.45, 7) is 17.2. The van der Waals surface area contributed by atoms with Gasteiger partial charge in [0.05, 0.1) is 9.79 Å². The van der Waals surface area contributed by atoms with Crippen LogP contribution in [0, 0.1) is 29.6 Å². The number of oxime groups is 2. The molecule has 2 aromatic rings. The molecule has 1 amide bonds. The Bertz CT molecular complexity index is 1960. The third-order valence-electron chi connectivity index (χ3n) is 10.1. The SMILES string of the molecule is CC(C)C(NC(=O)OC(C)(C)C)C(=O)OCON=C1c2cc(S(=O)(=O)N3C[C@H](C)C[C@H](C)C3)ccc2C(=NO)c2ccc(S(=O)(=O)N3C[C@H](C)C[C@H](C)C3)cc21. The fraction of sp³-hybridized carbons (Fsp3) is 0.590. The largest absolute Gasteiger partial charge is 0.444 e. The Morgan fingerprint density at radius 2 is 1.23 bits per heavy atom. The quantitative estimate of drug-likeness (QED) is 0.0883. The van der Waals surface area contributed by atoms with Gasteiger partial charge in [0.15, 0.2) is 0 Å². The van der Waals surface area contributed by atoms with Gasteiger partial charge in [-0.05, 0) is 87.5 Å². The van der Waals surface area contributed by atoms with Crippen molar-refractivity contribution < 1.29 is 45.9 Å². The maximum atomic E-state index is 14.1. The van der Waals surface area contributed by atoms with Crippen molar-refractivity contribution in [1.82, 2.24) is 13.9 Å². The topological polar surface area (TPSA) is 194 Å². The number of nitrogens with zero attached hydrogens (tertiary/aromatic N) is 4. The lowest BCUT2D eigenvalue weighted by molar-refractivity contribution is -0.160. The predicted octanol–water partition coefficient (Wildman–Crippen LogP) is 5.38. The molecule has 0 bridgehead atoms. The summed E-state index contributed by atoms with van der Waals surface area (Å²) in [4.78, 5) is 31.0. The molecule has 2 fully saturated rings. The van der Waals surface area contributed by atoms with Crippen LogP contribution in [-0.2, 0) is 39.2 Å². The summed E-state index contributed by atoms with van der Waals surface area (Å²) in [7, 11) is -8.00. The van der Waals surface area contributed by atoms with E-state index in [1.807, 2.05) is 27.7 Å². The van der Waals surface area contributed by atoms with Crippen LogP contribution < -0.4 is 5.32 Å². The zero-order chi connectivity index (χ0) is 41.3. The minimum atomic E-state index is -4.00. The van der Waals surface area contributed by atoms with Gasteiger partial charge in [0, 0.05) is 48.4 Å². The fourth-order valence-corrected chi connectivity index (χ4v) is 11.2. The Balaban J connectivity index is 1.54. The first-order chi connectivity index (χ1) is 26.1. The lowest BCUT2D eigenvalue weighted by Gasteiger charge is -2.34. The van der Waals surface area contributed by atoms with Gasteiger partial charge in [-0.15, -0.1) is 0 Å². The summed E-state index contributed by atoms with van der Waals surface area (Å²) in [6, 6.07) is 7.65. The average Bonchev–Trinajstić information content (AvgIpc) is 3.09. The molecule has 5 atom stereocenters. The number of ether oxygens (including phenoxy) is 2. The first-order valence-electron chi connectivity index (χ1n) is 19.0. The number of fused-ring (bicyclic) bond motifs is 2. The lowest BCUT2D eigenvalue weighted by Crippen LogP contribution is -2.47. The van der Waals surface area contributed by atoms with Gasteiger partial charge in [0.1, 0.15) is 23.1 Å². The number of carbonyl (C=O) groups excluding carboxylic acids is 2. The number of hydrogen-bond acceptors (Lipinski definition) is 12. The number of nitrogens with one attached hydrogen (secondary N) is 1. The molecule has 2 saturated heterocycles. The number of esters is 1. The molecule has 2 aliphatic heterocycles. The number of hydrogen-bond donors (Lipinski definition) is 2. The Morgan fingerprint density at radius 3 is 1.62 bits per heavy atom. The normalized spacial score (nSPS) is 22.8. The molecule has 2 N–H and O–H groups in total. The van der Waals surface area contributed by atoms with Gasteiger partial charge >= 0.3 is 12.1 Å². The van der Waals surface area contributed by atoms with Gasteiger partial charge in [-0.3, -0.25) is 0 Å². The number of carbonyl (C=O) groups is 2. The molecular weight excluding hydrogens is 763 g/mol. The van der Waals surface area contributed by atoms with E-state index in [0.717, 1.165) is 12.8 Å². The van der Waals surface area contributed by atoms with E-state index in [1.54, 1.807) is 34.6 Å². The molecule has 56 heavy (non-hydrogen) atoms. The van der Waals surface area contributed by atoms with Gasteiger partial charge in [0.2, 0.25) is 20.0 Å². The third-order valence-corrected chi connectivity index (χ3v) is 13.7. The van der Waals surface area contributed by atoms with Crippen LogP contribution in [0.5, 0.6) is 0 Å². The molecule has 2 aromatic carbocycles. The minimum Gasteiger partial charge on any atom is -0.444 e. The van der Waals surface area contributed by atoms with E-state index in [9.17, 15) is 31.6 Å². The van der Waals surface area contributed by atoms with Gasteiger partial charge in [-0.2, -0.15) is 8.61 Å². The van der Waals surface area contributed by atoms with Crippen molar-refractivity contribution in [2.45, 2.75) is 96.6 Å². The van der Waals surface area contributed by atoms with E-state index in [-0.39, 0.29) is 61.9 Å². The Hall–Kier alpha value is -4.06. The highest BCUT2D eigenvalue weighted by molar-refractivity contribution is 7.89. The standard InChI is InChI=1S/C39H55N5O10S2/c1-23(2)34(40-38(46)54-39(7,8)9)37(45)52-22-53-42-36-32-16-28(55(48,49)43-18-24(3)14-25(4)19-43)10-12-30(32)35(41-47)31-13-11-29(17-33(31)36)56(50,51)44-20-26(5)15-27(6)21-44/h10-13,16-17,23-27,34,47H,14-15,18-22H2,1-9H3,(H,40,46)/t24-,25+,26-,27+,34?. The molecule has 0 aromatic heterocycles. The molecule has 0 saturated carbocycles. The van der Waals surface area contributed by atoms with Crippen LogP contribution in [0.3, 0.4) is 0 Å². The Morgan fingerprint density at radius 1 is 0.786 bits per heavy atom. The van der Waals surface area contributed by atoms with Crippen LogP contribution in [0.2, 0.25) is 0 Å². The molecule has 17 heteroatoms. The summed E-state index contributed by atoms with van der Waals surface area (Å²) >= 11 is 0. The monoisotopic (exact) mass is 817 g/mol. The van der Waals surface area contributed by atoms with Gasteiger partial charge in [-0.1, -0.05) is 64.0 Å². The number of piperidine rings is 2. The number of alkyl carbamates (subject to hydrolysis) is 1. The molecule has 1 unspecified atom stereocenters. The Kier molecular flexibility index (Phi) is 12.9. The summed E-state index contributed by atoms with van der Waals surface area (Å²) in [5.41, 5.74) is 0.316. The van der Waals surface area contributed by atoms with Crippen molar-refractivity contribution in [2.75, 3.05) is 33.0 Å². The van der Waals surface area contributed by atoms with Crippen molar-refractivity contribution in [3.63, 3.8) is 0 Å².